The quantitative estimate of drug-likeness (QED) is 0.866. The summed E-state index contributed by atoms with van der Waals surface area (Å²) in [7, 11) is 0. The van der Waals surface area contributed by atoms with Gasteiger partial charge < -0.3 is 15.4 Å². The molecule has 6 nitrogen and oxygen atoms in total. The molecule has 3 heterocycles. The van der Waals surface area contributed by atoms with Crippen molar-refractivity contribution >= 4 is 17.2 Å². The van der Waals surface area contributed by atoms with E-state index < -0.39 is 0 Å². The van der Waals surface area contributed by atoms with E-state index in [1.165, 1.54) is 0 Å². The van der Waals surface area contributed by atoms with Crippen LogP contribution < -0.4 is 5.73 Å². The third-order valence-corrected chi connectivity index (χ3v) is 4.83. The molecule has 116 valence electrons. The summed E-state index contributed by atoms with van der Waals surface area (Å²) in [4.78, 5) is 21.0. The molecule has 0 aliphatic carbocycles. The molecule has 0 bridgehead atoms. The van der Waals surface area contributed by atoms with Crippen LogP contribution in [0.2, 0.25) is 0 Å². The maximum absolute atomic E-state index is 12.4. The number of ether oxygens (including phenoxy) is 1. The van der Waals surface area contributed by atoms with Gasteiger partial charge in [-0.3, -0.25) is 9.69 Å². The molecular formula is C14H22N4O2S. The van der Waals surface area contributed by atoms with Crippen molar-refractivity contribution in [3.63, 3.8) is 0 Å². The van der Waals surface area contributed by atoms with E-state index in [1.807, 2.05) is 10.4 Å². The first-order valence-corrected chi connectivity index (χ1v) is 8.44. The number of nitrogens with two attached hydrogens (primary N) is 1. The SMILES string of the molecule is NC[C@H]1CC[C@@H](C(=O)N2CCN(Cc3cscn3)CC2)O1. The van der Waals surface area contributed by atoms with Gasteiger partial charge >= 0.3 is 0 Å². The van der Waals surface area contributed by atoms with E-state index in [1.54, 1.807) is 11.3 Å². The maximum atomic E-state index is 12.4. The Bertz CT molecular complexity index is 460. The van der Waals surface area contributed by atoms with Gasteiger partial charge in [0.2, 0.25) is 0 Å². The molecule has 2 fully saturated rings. The molecule has 2 aliphatic heterocycles. The highest BCUT2D eigenvalue weighted by molar-refractivity contribution is 7.07. The standard InChI is InChI=1S/C14H22N4O2S/c15-7-12-1-2-13(20-12)14(19)18-5-3-17(4-6-18)8-11-9-21-10-16-11/h9-10,12-13H,1-8,15H2/t12-,13+/m1/s1. The van der Waals surface area contributed by atoms with Gasteiger partial charge in [0, 0.05) is 44.6 Å². The number of piperazine rings is 1. The lowest BCUT2D eigenvalue weighted by Crippen LogP contribution is -2.51. The predicted molar refractivity (Wildman–Crippen MR) is 80.9 cm³/mol. The van der Waals surface area contributed by atoms with Crippen molar-refractivity contribution in [3.8, 4) is 0 Å². The molecule has 1 aromatic heterocycles. The van der Waals surface area contributed by atoms with E-state index in [9.17, 15) is 4.79 Å². The van der Waals surface area contributed by atoms with Crippen molar-refractivity contribution in [1.82, 2.24) is 14.8 Å². The van der Waals surface area contributed by atoms with Crippen molar-refractivity contribution in [3.05, 3.63) is 16.6 Å². The second-order valence-electron chi connectivity index (χ2n) is 5.64. The van der Waals surface area contributed by atoms with Gasteiger partial charge in [0.15, 0.2) is 0 Å². The van der Waals surface area contributed by atoms with Gasteiger partial charge in [-0.1, -0.05) is 0 Å². The zero-order valence-corrected chi connectivity index (χ0v) is 12.9. The molecular weight excluding hydrogens is 288 g/mol. The Labute approximate surface area is 128 Å². The lowest BCUT2D eigenvalue weighted by molar-refractivity contribution is -0.144. The first-order chi connectivity index (χ1) is 10.3. The van der Waals surface area contributed by atoms with Crippen molar-refractivity contribution < 1.29 is 9.53 Å². The number of rotatable bonds is 4. The summed E-state index contributed by atoms with van der Waals surface area (Å²) in [6.45, 7) is 4.73. The van der Waals surface area contributed by atoms with Crippen LogP contribution >= 0.6 is 11.3 Å². The fourth-order valence-corrected chi connectivity index (χ4v) is 3.49. The van der Waals surface area contributed by atoms with Crippen LogP contribution in [0.4, 0.5) is 0 Å². The van der Waals surface area contributed by atoms with E-state index in [0.29, 0.717) is 6.54 Å². The molecule has 7 heteroatoms. The number of amides is 1. The largest absolute Gasteiger partial charge is 0.364 e. The molecule has 0 unspecified atom stereocenters. The van der Waals surface area contributed by atoms with Crippen molar-refractivity contribution in [2.45, 2.75) is 31.6 Å². The van der Waals surface area contributed by atoms with Crippen LogP contribution in [0.5, 0.6) is 0 Å². The monoisotopic (exact) mass is 310 g/mol. The molecule has 2 N–H and O–H groups in total. The maximum Gasteiger partial charge on any atom is 0.251 e. The molecule has 1 amide bonds. The summed E-state index contributed by atoms with van der Waals surface area (Å²) in [6, 6.07) is 0. The van der Waals surface area contributed by atoms with Crippen LogP contribution in [-0.2, 0) is 16.1 Å². The third-order valence-electron chi connectivity index (χ3n) is 4.20. The third kappa shape index (κ3) is 3.60. The first-order valence-electron chi connectivity index (χ1n) is 7.50. The normalized spacial score (nSPS) is 27.2. The van der Waals surface area contributed by atoms with Crippen molar-refractivity contribution in [2.24, 2.45) is 5.73 Å². The molecule has 1 aromatic rings. The highest BCUT2D eigenvalue weighted by Gasteiger charge is 2.34. The number of hydrogen-bond acceptors (Lipinski definition) is 6. The summed E-state index contributed by atoms with van der Waals surface area (Å²) in [5.41, 5.74) is 8.57. The summed E-state index contributed by atoms with van der Waals surface area (Å²) in [6.07, 6.45) is 1.49. The molecule has 0 radical (unpaired) electrons. The van der Waals surface area contributed by atoms with Crippen LogP contribution in [0.1, 0.15) is 18.5 Å². The second-order valence-corrected chi connectivity index (χ2v) is 6.36. The van der Waals surface area contributed by atoms with Crippen LogP contribution in [0, 0.1) is 0 Å². The minimum absolute atomic E-state index is 0.0601. The fourth-order valence-electron chi connectivity index (χ4n) is 2.94. The van der Waals surface area contributed by atoms with E-state index in [-0.39, 0.29) is 18.1 Å². The van der Waals surface area contributed by atoms with E-state index >= 15 is 0 Å². The van der Waals surface area contributed by atoms with Gasteiger partial charge in [-0.25, -0.2) is 4.98 Å². The summed E-state index contributed by atoms with van der Waals surface area (Å²) < 4.78 is 5.70. The summed E-state index contributed by atoms with van der Waals surface area (Å²) in [5.74, 6) is 0.138. The van der Waals surface area contributed by atoms with E-state index in [4.69, 9.17) is 10.5 Å². The lowest BCUT2D eigenvalue weighted by atomic mass is 10.1. The Morgan fingerprint density at radius 2 is 2.19 bits per heavy atom. The first kappa shape index (κ1) is 14.9. The minimum atomic E-state index is -0.274. The second kappa shape index (κ2) is 6.83. The molecule has 0 spiro atoms. The summed E-state index contributed by atoms with van der Waals surface area (Å²) in [5, 5.41) is 2.08. The van der Waals surface area contributed by atoms with Crippen LogP contribution in [0.3, 0.4) is 0 Å². The van der Waals surface area contributed by atoms with Crippen LogP contribution in [-0.4, -0.2) is 65.6 Å². The molecule has 0 aromatic carbocycles. The van der Waals surface area contributed by atoms with Gasteiger partial charge in [0.1, 0.15) is 6.10 Å². The van der Waals surface area contributed by atoms with Crippen molar-refractivity contribution in [2.75, 3.05) is 32.7 Å². The van der Waals surface area contributed by atoms with Crippen LogP contribution in [0.15, 0.2) is 10.9 Å². The van der Waals surface area contributed by atoms with Gasteiger partial charge in [-0.2, -0.15) is 0 Å². The lowest BCUT2D eigenvalue weighted by Gasteiger charge is -2.35. The smallest absolute Gasteiger partial charge is 0.251 e. The van der Waals surface area contributed by atoms with Gasteiger partial charge in [-0.05, 0) is 12.8 Å². The zero-order chi connectivity index (χ0) is 14.7. The predicted octanol–water partition coefficient (Wildman–Crippen LogP) is 0.294. The molecule has 2 atom stereocenters. The number of hydrogen-bond donors (Lipinski definition) is 1. The number of aromatic nitrogens is 1. The molecule has 2 aliphatic rings. The van der Waals surface area contributed by atoms with E-state index in [2.05, 4.69) is 15.3 Å². The number of carbonyl (C=O) groups excluding carboxylic acids is 1. The molecule has 3 rings (SSSR count). The topological polar surface area (TPSA) is 71.7 Å². The number of thiazole rings is 1. The van der Waals surface area contributed by atoms with E-state index in [0.717, 1.165) is 51.3 Å². The molecule has 0 saturated carbocycles. The Morgan fingerprint density at radius 3 is 2.81 bits per heavy atom. The number of nitrogens with zero attached hydrogens (tertiary/aromatic N) is 3. The average Bonchev–Trinajstić information content (AvgIpc) is 3.18. The van der Waals surface area contributed by atoms with Gasteiger partial charge in [0.05, 0.1) is 17.3 Å². The Morgan fingerprint density at radius 1 is 1.38 bits per heavy atom. The molecule has 2 saturated heterocycles. The molecule has 21 heavy (non-hydrogen) atoms. The summed E-state index contributed by atoms with van der Waals surface area (Å²) >= 11 is 1.62. The Balaban J connectivity index is 1.46. The van der Waals surface area contributed by atoms with Crippen molar-refractivity contribution in [1.29, 1.82) is 0 Å². The zero-order valence-electron chi connectivity index (χ0n) is 12.1. The van der Waals surface area contributed by atoms with Gasteiger partial charge in [-0.15, -0.1) is 11.3 Å². The highest BCUT2D eigenvalue weighted by atomic mass is 32.1. The van der Waals surface area contributed by atoms with Crippen LogP contribution in [0.25, 0.3) is 0 Å². The highest BCUT2D eigenvalue weighted by Crippen LogP contribution is 2.21. The fraction of sp³-hybridized carbons (Fsp3) is 0.714. The Kier molecular flexibility index (Phi) is 4.84. The van der Waals surface area contributed by atoms with Gasteiger partial charge in [0.25, 0.3) is 5.91 Å². The Hall–Kier alpha value is -1.02. The minimum Gasteiger partial charge on any atom is -0.364 e. The number of carbonyl (C=O) groups is 1. The average molecular weight is 310 g/mol.